The molecule has 0 atom stereocenters. The number of amides is 1. The summed E-state index contributed by atoms with van der Waals surface area (Å²) in [6.07, 6.45) is 1.44. The molecule has 2 aromatic heterocycles. The third kappa shape index (κ3) is 4.75. The first-order chi connectivity index (χ1) is 13.7. The highest BCUT2D eigenvalue weighted by Gasteiger charge is 2.16. The molecule has 3 rings (SSSR count). The summed E-state index contributed by atoms with van der Waals surface area (Å²) in [6, 6.07) is 6.72. The Balaban J connectivity index is 1.65. The maximum Gasteiger partial charge on any atom is 0.356 e. The molecule has 0 aliphatic rings. The highest BCUT2D eigenvalue weighted by Crippen LogP contribution is 2.23. The van der Waals surface area contributed by atoms with Gasteiger partial charge in [0.1, 0.15) is 12.3 Å². The van der Waals surface area contributed by atoms with Gasteiger partial charge in [0.05, 0.1) is 17.1 Å². The van der Waals surface area contributed by atoms with E-state index in [1.54, 1.807) is 23.7 Å². The maximum absolute atomic E-state index is 12.3. The predicted molar refractivity (Wildman–Crippen MR) is 106 cm³/mol. The van der Waals surface area contributed by atoms with Crippen LogP contribution in [0.25, 0.3) is 0 Å². The molecule has 0 saturated carbocycles. The Labute approximate surface area is 171 Å². The topological polar surface area (TPSA) is 111 Å². The number of rotatable bonds is 7. The number of nitrogens with zero attached hydrogens (tertiary/aromatic N) is 4. The van der Waals surface area contributed by atoms with Gasteiger partial charge in [0.25, 0.3) is 0 Å². The number of hydrogen-bond acceptors (Lipinski definition) is 5. The molecule has 0 spiro atoms. The number of carboxylic acid groups (broad SMARTS) is 1. The van der Waals surface area contributed by atoms with E-state index < -0.39 is 5.97 Å². The van der Waals surface area contributed by atoms with Crippen molar-refractivity contribution in [2.45, 2.75) is 34.0 Å². The Morgan fingerprint density at radius 1 is 1.21 bits per heavy atom. The number of halogens is 1. The van der Waals surface area contributed by atoms with Crippen molar-refractivity contribution in [2.75, 3.05) is 5.32 Å². The molecule has 0 aliphatic heterocycles. The fourth-order valence-electron chi connectivity index (χ4n) is 2.74. The van der Waals surface area contributed by atoms with E-state index in [-0.39, 0.29) is 24.9 Å². The molecule has 0 fully saturated rings. The summed E-state index contributed by atoms with van der Waals surface area (Å²) in [5.74, 6) is -0.823. The van der Waals surface area contributed by atoms with Gasteiger partial charge in [-0.25, -0.2) is 9.48 Å². The lowest BCUT2D eigenvalue weighted by atomic mass is 10.2. The van der Waals surface area contributed by atoms with Crippen LogP contribution in [0.2, 0.25) is 5.02 Å². The molecule has 1 amide bonds. The van der Waals surface area contributed by atoms with Crippen LogP contribution in [0, 0.1) is 20.8 Å². The molecular weight excluding hydrogens is 398 g/mol. The van der Waals surface area contributed by atoms with Crippen LogP contribution < -0.4 is 10.1 Å². The van der Waals surface area contributed by atoms with Gasteiger partial charge in [0, 0.05) is 11.2 Å². The maximum atomic E-state index is 12.3. The summed E-state index contributed by atoms with van der Waals surface area (Å²) in [4.78, 5) is 23.2. The van der Waals surface area contributed by atoms with E-state index in [4.69, 9.17) is 21.4 Å². The fraction of sp³-hybridized carbons (Fsp3) is 0.263. The van der Waals surface area contributed by atoms with Gasteiger partial charge < -0.3 is 15.2 Å². The molecule has 9 nitrogen and oxygen atoms in total. The van der Waals surface area contributed by atoms with E-state index >= 15 is 0 Å². The largest absolute Gasteiger partial charge is 0.476 e. The van der Waals surface area contributed by atoms with Crippen LogP contribution in [-0.4, -0.2) is 36.5 Å². The summed E-state index contributed by atoms with van der Waals surface area (Å²) in [6.45, 7) is 5.55. The minimum atomic E-state index is -1.15. The van der Waals surface area contributed by atoms with Crippen LogP contribution in [0.3, 0.4) is 0 Å². The van der Waals surface area contributed by atoms with Crippen LogP contribution in [-0.2, 0) is 18.1 Å². The van der Waals surface area contributed by atoms with Crippen molar-refractivity contribution in [2.24, 2.45) is 0 Å². The number of ether oxygens (including phenoxy) is 1. The van der Waals surface area contributed by atoms with Crippen molar-refractivity contribution in [3.63, 3.8) is 0 Å². The third-order valence-electron chi connectivity index (χ3n) is 4.29. The van der Waals surface area contributed by atoms with Gasteiger partial charge in [-0.15, -0.1) is 0 Å². The van der Waals surface area contributed by atoms with Crippen LogP contribution in [0.15, 0.2) is 30.5 Å². The van der Waals surface area contributed by atoms with Gasteiger partial charge in [0.15, 0.2) is 12.4 Å². The second-order valence-electron chi connectivity index (χ2n) is 6.48. The Hall–Kier alpha value is -3.33. The summed E-state index contributed by atoms with van der Waals surface area (Å²) >= 11 is 6.02. The zero-order valence-corrected chi connectivity index (χ0v) is 16.9. The number of aryl methyl sites for hydroxylation is 2. The van der Waals surface area contributed by atoms with Crippen molar-refractivity contribution < 1.29 is 19.4 Å². The zero-order chi connectivity index (χ0) is 21.1. The molecule has 0 saturated heterocycles. The molecule has 0 radical (unpaired) electrons. The van der Waals surface area contributed by atoms with E-state index in [9.17, 15) is 9.59 Å². The number of carbonyl (C=O) groups excluding carboxylic acids is 1. The van der Waals surface area contributed by atoms with Gasteiger partial charge in [-0.1, -0.05) is 11.6 Å². The van der Waals surface area contributed by atoms with Crippen molar-refractivity contribution in [3.05, 3.63) is 58.1 Å². The molecule has 29 heavy (non-hydrogen) atoms. The van der Waals surface area contributed by atoms with Crippen LogP contribution in [0.5, 0.6) is 5.75 Å². The lowest BCUT2D eigenvalue weighted by Gasteiger charge is -2.10. The number of anilines is 1. The van der Waals surface area contributed by atoms with E-state index in [0.29, 0.717) is 22.2 Å². The molecule has 0 aliphatic carbocycles. The van der Waals surface area contributed by atoms with Crippen LogP contribution in [0.1, 0.15) is 27.4 Å². The van der Waals surface area contributed by atoms with Crippen molar-refractivity contribution >= 4 is 29.2 Å². The molecule has 3 aromatic rings. The summed E-state index contributed by atoms with van der Waals surface area (Å²) in [5, 5.41) is 20.6. The SMILES string of the molecule is Cc1cc(OCn2nc(C)c(NC(=O)Cn3ccc(C(=O)O)n3)c2C)ccc1Cl. The van der Waals surface area contributed by atoms with Gasteiger partial charge >= 0.3 is 5.97 Å². The average molecular weight is 418 g/mol. The third-order valence-corrected chi connectivity index (χ3v) is 4.72. The molecular formula is C19H20ClN5O4. The molecule has 2 N–H and O–H groups in total. The second kappa shape index (κ2) is 8.36. The summed E-state index contributed by atoms with van der Waals surface area (Å²) in [7, 11) is 0. The molecule has 0 unspecified atom stereocenters. The minimum absolute atomic E-state index is 0.113. The monoisotopic (exact) mass is 417 g/mol. The van der Waals surface area contributed by atoms with E-state index in [1.165, 1.54) is 16.9 Å². The van der Waals surface area contributed by atoms with Crippen molar-refractivity contribution in [1.82, 2.24) is 19.6 Å². The summed E-state index contributed by atoms with van der Waals surface area (Å²) < 4.78 is 8.67. The number of carbonyl (C=O) groups is 2. The number of carboxylic acids is 1. The van der Waals surface area contributed by atoms with Crippen molar-refractivity contribution in [1.29, 1.82) is 0 Å². The Morgan fingerprint density at radius 2 is 1.97 bits per heavy atom. The van der Waals surface area contributed by atoms with Crippen LogP contribution in [0.4, 0.5) is 5.69 Å². The lowest BCUT2D eigenvalue weighted by molar-refractivity contribution is -0.116. The first-order valence-electron chi connectivity index (χ1n) is 8.74. The quantitative estimate of drug-likeness (QED) is 0.611. The van der Waals surface area contributed by atoms with Crippen molar-refractivity contribution in [3.8, 4) is 5.75 Å². The first-order valence-corrected chi connectivity index (χ1v) is 9.12. The standard InChI is InChI=1S/C19H20ClN5O4/c1-11-8-14(4-5-15(11)20)29-10-25-13(3)18(12(2)22-25)21-17(26)9-24-7-6-16(23-24)19(27)28/h4-8H,9-10H2,1-3H3,(H,21,26)(H,27,28). The van der Waals surface area contributed by atoms with E-state index in [1.807, 2.05) is 19.9 Å². The Bertz CT molecular complexity index is 1070. The molecule has 10 heteroatoms. The minimum Gasteiger partial charge on any atom is -0.476 e. The summed E-state index contributed by atoms with van der Waals surface area (Å²) in [5.41, 5.74) is 2.74. The molecule has 1 aromatic carbocycles. The number of aromatic carboxylic acids is 1. The Kier molecular flexibility index (Phi) is 5.88. The van der Waals surface area contributed by atoms with Gasteiger partial charge in [-0.2, -0.15) is 10.2 Å². The Morgan fingerprint density at radius 3 is 2.62 bits per heavy atom. The second-order valence-corrected chi connectivity index (χ2v) is 6.89. The number of hydrogen-bond donors (Lipinski definition) is 2. The predicted octanol–water partition coefficient (Wildman–Crippen LogP) is 3.03. The highest BCUT2D eigenvalue weighted by atomic mass is 35.5. The van der Waals surface area contributed by atoms with Gasteiger partial charge in [-0.05, 0) is 50.6 Å². The smallest absolute Gasteiger partial charge is 0.356 e. The van der Waals surface area contributed by atoms with Gasteiger partial charge in [-0.3, -0.25) is 9.48 Å². The molecule has 0 bridgehead atoms. The average Bonchev–Trinajstić information content (AvgIpc) is 3.23. The number of aromatic nitrogens is 4. The highest BCUT2D eigenvalue weighted by molar-refractivity contribution is 6.31. The van der Waals surface area contributed by atoms with Gasteiger partial charge in [0.2, 0.25) is 5.91 Å². The van der Waals surface area contributed by atoms with E-state index in [2.05, 4.69) is 15.5 Å². The fourth-order valence-corrected chi connectivity index (χ4v) is 2.85. The van der Waals surface area contributed by atoms with E-state index in [0.717, 1.165) is 11.3 Å². The number of nitrogens with one attached hydrogen (secondary N) is 1. The normalized spacial score (nSPS) is 10.8. The molecule has 2 heterocycles. The zero-order valence-electron chi connectivity index (χ0n) is 16.1. The first kappa shape index (κ1) is 20.4. The lowest BCUT2D eigenvalue weighted by Crippen LogP contribution is -2.20. The number of benzene rings is 1. The van der Waals surface area contributed by atoms with Crippen LogP contribution >= 0.6 is 11.6 Å². The molecule has 152 valence electrons.